The Kier molecular flexibility index (Phi) is 2.54. The van der Waals surface area contributed by atoms with E-state index in [1.807, 2.05) is 0 Å². The fourth-order valence-corrected chi connectivity index (χ4v) is 2.07. The highest BCUT2D eigenvalue weighted by atomic mass is 16.5. The Balaban J connectivity index is 1.87. The van der Waals surface area contributed by atoms with Crippen molar-refractivity contribution < 1.29 is 19.4 Å². The number of hydrogen-bond acceptors (Lipinski definition) is 3. The number of ether oxygens (including phenoxy) is 1. The zero-order chi connectivity index (χ0) is 10.1. The van der Waals surface area contributed by atoms with Crippen LogP contribution in [0.25, 0.3) is 0 Å². The topological polar surface area (TPSA) is 63.6 Å². The largest absolute Gasteiger partial charge is 0.481 e. The third-order valence-corrected chi connectivity index (χ3v) is 3.10. The molecule has 0 aromatic heterocycles. The molecule has 4 heteroatoms. The van der Waals surface area contributed by atoms with E-state index in [4.69, 9.17) is 9.84 Å². The molecule has 1 saturated carbocycles. The zero-order valence-corrected chi connectivity index (χ0v) is 7.94. The van der Waals surface area contributed by atoms with Gasteiger partial charge in [-0.2, -0.15) is 0 Å². The molecule has 78 valence electrons. The molecular formula is C10H14O4. The lowest BCUT2D eigenvalue weighted by molar-refractivity contribution is -0.140. The summed E-state index contributed by atoms with van der Waals surface area (Å²) in [5, 5.41) is 8.69. The van der Waals surface area contributed by atoms with Crippen molar-refractivity contribution >= 4 is 11.8 Å². The van der Waals surface area contributed by atoms with Crippen molar-refractivity contribution in [1.29, 1.82) is 0 Å². The number of rotatable bonds is 3. The van der Waals surface area contributed by atoms with Crippen molar-refractivity contribution in [3.8, 4) is 0 Å². The number of ketones is 1. The van der Waals surface area contributed by atoms with Crippen molar-refractivity contribution in [3.63, 3.8) is 0 Å². The van der Waals surface area contributed by atoms with E-state index in [0.717, 1.165) is 12.8 Å². The van der Waals surface area contributed by atoms with E-state index in [9.17, 15) is 9.59 Å². The molecule has 0 amide bonds. The first-order chi connectivity index (χ1) is 6.70. The van der Waals surface area contributed by atoms with Crippen molar-refractivity contribution in [2.24, 2.45) is 17.8 Å². The molecule has 2 unspecified atom stereocenters. The predicted molar refractivity (Wildman–Crippen MR) is 47.8 cm³/mol. The van der Waals surface area contributed by atoms with E-state index in [1.54, 1.807) is 0 Å². The molecular weight excluding hydrogens is 184 g/mol. The van der Waals surface area contributed by atoms with Crippen molar-refractivity contribution in [2.45, 2.75) is 19.3 Å². The molecule has 2 atom stereocenters. The number of carbonyl (C=O) groups excluding carboxylic acids is 1. The van der Waals surface area contributed by atoms with Crippen LogP contribution in [0.4, 0.5) is 0 Å². The van der Waals surface area contributed by atoms with Crippen LogP contribution < -0.4 is 0 Å². The lowest BCUT2D eigenvalue weighted by Crippen LogP contribution is -2.25. The lowest BCUT2D eigenvalue weighted by atomic mass is 9.92. The first-order valence-electron chi connectivity index (χ1n) is 5.04. The van der Waals surface area contributed by atoms with Gasteiger partial charge in [-0.3, -0.25) is 9.59 Å². The Labute approximate surface area is 82.2 Å². The maximum absolute atomic E-state index is 11.8. The maximum Gasteiger partial charge on any atom is 0.307 e. The van der Waals surface area contributed by atoms with Crippen LogP contribution in [0.2, 0.25) is 0 Å². The van der Waals surface area contributed by atoms with Crippen molar-refractivity contribution in [1.82, 2.24) is 0 Å². The van der Waals surface area contributed by atoms with E-state index in [0.29, 0.717) is 19.6 Å². The second-order valence-electron chi connectivity index (χ2n) is 4.08. The zero-order valence-electron chi connectivity index (χ0n) is 7.94. The number of carboxylic acid groups (broad SMARTS) is 1. The Morgan fingerprint density at radius 2 is 1.79 bits per heavy atom. The third kappa shape index (κ3) is 1.80. The summed E-state index contributed by atoms with van der Waals surface area (Å²) in [5.74, 6) is -1.21. The van der Waals surface area contributed by atoms with Crippen LogP contribution in [-0.4, -0.2) is 30.1 Å². The van der Waals surface area contributed by atoms with Crippen LogP contribution in [0.1, 0.15) is 19.3 Å². The minimum absolute atomic E-state index is 0.0538. The van der Waals surface area contributed by atoms with Gasteiger partial charge in [0.2, 0.25) is 0 Å². The molecule has 0 bridgehead atoms. The smallest absolute Gasteiger partial charge is 0.307 e. The van der Waals surface area contributed by atoms with Gasteiger partial charge in [-0.25, -0.2) is 0 Å². The highest BCUT2D eigenvalue weighted by Gasteiger charge is 2.49. The molecule has 0 aromatic carbocycles. The lowest BCUT2D eigenvalue weighted by Gasteiger charge is -2.20. The van der Waals surface area contributed by atoms with Gasteiger partial charge in [-0.1, -0.05) is 0 Å². The third-order valence-electron chi connectivity index (χ3n) is 3.10. The molecule has 2 fully saturated rings. The molecule has 2 rings (SSSR count). The van der Waals surface area contributed by atoms with E-state index in [1.165, 1.54) is 0 Å². The Bertz CT molecular complexity index is 255. The van der Waals surface area contributed by atoms with Gasteiger partial charge in [-0.15, -0.1) is 0 Å². The standard InChI is InChI=1S/C10H14O4/c11-9(6-1-3-14-4-2-6)7-5-8(7)10(12)13/h6-8H,1-5H2,(H,12,13). The van der Waals surface area contributed by atoms with Gasteiger partial charge in [0, 0.05) is 25.0 Å². The number of carbonyl (C=O) groups is 2. The number of carboxylic acids is 1. The van der Waals surface area contributed by atoms with Gasteiger partial charge in [-0.05, 0) is 19.3 Å². The molecule has 0 radical (unpaired) electrons. The van der Waals surface area contributed by atoms with Crippen LogP contribution in [-0.2, 0) is 14.3 Å². The van der Waals surface area contributed by atoms with Crippen LogP contribution in [0.5, 0.6) is 0 Å². The Morgan fingerprint density at radius 3 is 2.29 bits per heavy atom. The molecule has 1 saturated heterocycles. The Morgan fingerprint density at radius 1 is 1.14 bits per heavy atom. The molecule has 14 heavy (non-hydrogen) atoms. The molecule has 1 aliphatic heterocycles. The summed E-state index contributed by atoms with van der Waals surface area (Å²) in [6.07, 6.45) is 2.08. The van der Waals surface area contributed by atoms with Crippen LogP contribution in [0.15, 0.2) is 0 Å². The van der Waals surface area contributed by atoms with Gasteiger partial charge in [0.05, 0.1) is 5.92 Å². The average Bonchev–Trinajstić information content (AvgIpc) is 2.97. The SMILES string of the molecule is O=C(O)C1CC1C(=O)C1CCOCC1. The van der Waals surface area contributed by atoms with Crippen molar-refractivity contribution in [2.75, 3.05) is 13.2 Å². The summed E-state index contributed by atoms with van der Waals surface area (Å²) < 4.78 is 5.16. The van der Waals surface area contributed by atoms with Crippen LogP contribution in [0.3, 0.4) is 0 Å². The first-order valence-corrected chi connectivity index (χ1v) is 5.04. The summed E-state index contributed by atoms with van der Waals surface area (Å²) in [6, 6.07) is 0. The van der Waals surface area contributed by atoms with Gasteiger partial charge >= 0.3 is 5.97 Å². The first kappa shape index (κ1) is 9.65. The second kappa shape index (κ2) is 3.69. The Hall–Kier alpha value is -0.900. The number of aliphatic carboxylic acids is 1. The van der Waals surface area contributed by atoms with Gasteiger partial charge in [0.1, 0.15) is 5.78 Å². The van der Waals surface area contributed by atoms with Crippen molar-refractivity contribution in [3.05, 3.63) is 0 Å². The average molecular weight is 198 g/mol. The summed E-state index contributed by atoms with van der Waals surface area (Å²) in [4.78, 5) is 22.3. The van der Waals surface area contributed by atoms with E-state index >= 15 is 0 Å². The summed E-state index contributed by atoms with van der Waals surface area (Å²) in [7, 11) is 0. The highest BCUT2D eigenvalue weighted by molar-refractivity contribution is 5.92. The van der Waals surface area contributed by atoms with Crippen LogP contribution >= 0.6 is 0 Å². The molecule has 1 aliphatic carbocycles. The number of hydrogen-bond donors (Lipinski definition) is 1. The molecule has 4 nitrogen and oxygen atoms in total. The highest BCUT2D eigenvalue weighted by Crippen LogP contribution is 2.42. The minimum Gasteiger partial charge on any atom is -0.481 e. The molecule has 0 aromatic rings. The normalized spacial score (nSPS) is 32.6. The monoisotopic (exact) mass is 198 g/mol. The maximum atomic E-state index is 11.8. The molecule has 1 heterocycles. The predicted octanol–water partition coefficient (Wildman–Crippen LogP) is 0.703. The quantitative estimate of drug-likeness (QED) is 0.725. The fraction of sp³-hybridized carbons (Fsp3) is 0.800. The van der Waals surface area contributed by atoms with Gasteiger partial charge in [0.15, 0.2) is 0 Å². The molecule has 2 aliphatic rings. The number of Topliss-reactive ketones (excluding diaryl/α,β-unsaturated/α-hetero) is 1. The summed E-state index contributed by atoms with van der Waals surface area (Å²) in [6.45, 7) is 1.28. The molecule has 1 N–H and O–H groups in total. The van der Waals surface area contributed by atoms with E-state index in [-0.39, 0.29) is 17.6 Å². The van der Waals surface area contributed by atoms with Gasteiger partial charge < -0.3 is 9.84 Å². The fourth-order valence-electron chi connectivity index (χ4n) is 2.07. The van der Waals surface area contributed by atoms with E-state index < -0.39 is 11.9 Å². The van der Waals surface area contributed by atoms with E-state index in [2.05, 4.69) is 0 Å². The molecule has 0 spiro atoms. The summed E-state index contributed by atoms with van der Waals surface area (Å²) in [5.41, 5.74) is 0. The summed E-state index contributed by atoms with van der Waals surface area (Å²) >= 11 is 0. The van der Waals surface area contributed by atoms with Gasteiger partial charge in [0.25, 0.3) is 0 Å². The van der Waals surface area contributed by atoms with Crippen LogP contribution in [0, 0.1) is 17.8 Å². The minimum atomic E-state index is -0.824. The second-order valence-corrected chi connectivity index (χ2v) is 4.08.